The number of rotatable bonds is 8. The number of ketones is 1. The maximum absolute atomic E-state index is 13.6. The van der Waals surface area contributed by atoms with Crippen LogP contribution in [0.15, 0.2) is 36.4 Å². The van der Waals surface area contributed by atoms with Crippen LogP contribution < -0.4 is 15.4 Å². The average molecular weight is 491 g/mol. The quantitative estimate of drug-likeness (QED) is 0.326. The Bertz CT molecular complexity index is 1100. The summed E-state index contributed by atoms with van der Waals surface area (Å²) in [5.74, 6) is -1.42. The number of hydrogen-bond donors (Lipinski definition) is 2. The average Bonchev–Trinajstić information content (AvgIpc) is 2.77. The van der Waals surface area contributed by atoms with Gasteiger partial charge in [-0.1, -0.05) is 18.5 Å². The van der Waals surface area contributed by atoms with E-state index in [2.05, 4.69) is 10.6 Å². The summed E-state index contributed by atoms with van der Waals surface area (Å²) in [5.41, 5.74) is 0.0344. The number of hydrogen-bond acceptors (Lipinski definition) is 6. The van der Waals surface area contributed by atoms with E-state index in [-0.39, 0.29) is 22.9 Å². The largest absolute Gasteiger partial charge is 0.484 e. The van der Waals surface area contributed by atoms with E-state index in [9.17, 15) is 18.8 Å². The van der Waals surface area contributed by atoms with Gasteiger partial charge in [0.15, 0.2) is 11.9 Å². The topological polar surface area (TPSA) is 93.7 Å². The van der Waals surface area contributed by atoms with Crippen LogP contribution in [0.25, 0.3) is 0 Å². The fourth-order valence-electron chi connectivity index (χ4n) is 3.79. The van der Waals surface area contributed by atoms with Crippen molar-refractivity contribution < 1.29 is 28.2 Å². The number of nitrogens with one attached hydrogen (secondary N) is 2. The van der Waals surface area contributed by atoms with E-state index in [1.54, 1.807) is 32.0 Å². The SMILES string of the molecule is CCCNCC(=O)O[C@H]1[C@@H](NC(=O)c2ccc(F)c(Cl)c2)c2cc(C(C)=O)ccc2OC1(C)C. The maximum atomic E-state index is 13.6. The third-order valence-corrected chi connectivity index (χ3v) is 5.82. The number of Topliss-reactive ketones (excluding diaryl/α,β-unsaturated/α-hetero) is 1. The number of ether oxygens (including phenoxy) is 2. The Kier molecular flexibility index (Phi) is 7.94. The molecule has 0 saturated carbocycles. The first-order valence-corrected chi connectivity index (χ1v) is 11.4. The van der Waals surface area contributed by atoms with Gasteiger partial charge in [-0.2, -0.15) is 0 Å². The van der Waals surface area contributed by atoms with E-state index in [1.807, 2.05) is 6.92 Å². The third kappa shape index (κ3) is 5.74. The van der Waals surface area contributed by atoms with Crippen molar-refractivity contribution in [2.24, 2.45) is 0 Å². The second-order valence-corrected chi connectivity index (χ2v) is 9.09. The summed E-state index contributed by atoms with van der Waals surface area (Å²) in [6, 6.07) is 7.70. The Morgan fingerprint density at radius 1 is 1.15 bits per heavy atom. The molecule has 7 nitrogen and oxygen atoms in total. The van der Waals surface area contributed by atoms with Crippen molar-refractivity contribution in [2.45, 2.75) is 51.9 Å². The van der Waals surface area contributed by atoms with E-state index < -0.39 is 35.4 Å². The van der Waals surface area contributed by atoms with Gasteiger partial charge < -0.3 is 20.1 Å². The van der Waals surface area contributed by atoms with Gasteiger partial charge >= 0.3 is 5.97 Å². The predicted molar refractivity (Wildman–Crippen MR) is 126 cm³/mol. The number of carbonyl (C=O) groups is 3. The lowest BCUT2D eigenvalue weighted by atomic mass is 9.85. The van der Waals surface area contributed by atoms with Crippen LogP contribution in [0, 0.1) is 5.82 Å². The number of fused-ring (bicyclic) bond motifs is 1. The summed E-state index contributed by atoms with van der Waals surface area (Å²) >= 11 is 5.85. The van der Waals surface area contributed by atoms with Gasteiger partial charge in [0, 0.05) is 16.7 Å². The number of esters is 1. The van der Waals surface area contributed by atoms with Crippen molar-refractivity contribution in [3.05, 3.63) is 63.9 Å². The lowest BCUT2D eigenvalue weighted by molar-refractivity contribution is -0.164. The molecule has 34 heavy (non-hydrogen) atoms. The summed E-state index contributed by atoms with van der Waals surface area (Å²) in [4.78, 5) is 37.7. The minimum absolute atomic E-state index is 0.00496. The van der Waals surface area contributed by atoms with Crippen LogP contribution in [-0.2, 0) is 9.53 Å². The van der Waals surface area contributed by atoms with Gasteiger partial charge in [0.1, 0.15) is 17.2 Å². The highest BCUT2D eigenvalue weighted by Gasteiger charge is 2.47. The Morgan fingerprint density at radius 2 is 1.85 bits per heavy atom. The van der Waals surface area contributed by atoms with Crippen molar-refractivity contribution in [1.82, 2.24) is 10.6 Å². The number of halogens is 2. The van der Waals surface area contributed by atoms with Crippen LogP contribution in [0.3, 0.4) is 0 Å². The lowest BCUT2D eigenvalue weighted by Crippen LogP contribution is -2.56. The molecule has 1 aliphatic heterocycles. The zero-order valence-corrected chi connectivity index (χ0v) is 20.3. The van der Waals surface area contributed by atoms with Crippen LogP contribution in [0.2, 0.25) is 5.02 Å². The Hall–Kier alpha value is -2.97. The number of benzene rings is 2. The van der Waals surface area contributed by atoms with Crippen LogP contribution >= 0.6 is 11.6 Å². The number of amides is 1. The van der Waals surface area contributed by atoms with Gasteiger partial charge in [-0.25, -0.2) is 4.39 Å². The minimum Gasteiger partial charge on any atom is -0.484 e. The van der Waals surface area contributed by atoms with E-state index in [1.165, 1.54) is 19.1 Å². The van der Waals surface area contributed by atoms with Crippen molar-refractivity contribution in [3.8, 4) is 5.75 Å². The van der Waals surface area contributed by atoms with E-state index in [0.29, 0.717) is 23.4 Å². The van der Waals surface area contributed by atoms with Gasteiger partial charge in [0.05, 0.1) is 17.6 Å². The highest BCUT2D eigenvalue weighted by Crippen LogP contribution is 2.42. The molecule has 9 heteroatoms. The first-order valence-electron chi connectivity index (χ1n) is 11.0. The van der Waals surface area contributed by atoms with Crippen LogP contribution in [0.1, 0.15) is 66.4 Å². The molecule has 0 spiro atoms. The lowest BCUT2D eigenvalue weighted by Gasteiger charge is -2.44. The van der Waals surface area contributed by atoms with Gasteiger partial charge in [-0.05, 0) is 70.1 Å². The van der Waals surface area contributed by atoms with Crippen molar-refractivity contribution >= 4 is 29.3 Å². The molecule has 1 amide bonds. The standard InChI is InChI=1S/C25H28ClFN2O5/c1-5-10-28-13-21(31)33-23-22(29-24(32)16-6-8-19(27)18(26)12-16)17-11-15(14(2)30)7-9-20(17)34-25(23,3)4/h6-9,11-12,22-23,28H,5,10,13H2,1-4H3,(H,29,32)/t22-,23-/m0/s1. The molecule has 2 aromatic rings. The zero-order chi connectivity index (χ0) is 25.0. The fraction of sp³-hybridized carbons (Fsp3) is 0.400. The monoisotopic (exact) mass is 490 g/mol. The number of carbonyl (C=O) groups excluding carboxylic acids is 3. The Morgan fingerprint density at radius 3 is 2.50 bits per heavy atom. The molecule has 0 fully saturated rings. The van der Waals surface area contributed by atoms with Crippen LogP contribution in [-0.4, -0.2) is 42.5 Å². The van der Waals surface area contributed by atoms with Crippen molar-refractivity contribution in [3.63, 3.8) is 0 Å². The molecule has 0 unspecified atom stereocenters. The molecule has 0 aromatic heterocycles. The normalized spacial score (nSPS) is 18.4. The van der Waals surface area contributed by atoms with Gasteiger partial charge in [0.25, 0.3) is 5.91 Å². The second-order valence-electron chi connectivity index (χ2n) is 8.68. The van der Waals surface area contributed by atoms with E-state index in [4.69, 9.17) is 21.1 Å². The van der Waals surface area contributed by atoms with Gasteiger partial charge in [-0.15, -0.1) is 0 Å². The summed E-state index contributed by atoms with van der Waals surface area (Å²) in [6.45, 7) is 7.55. The molecule has 182 valence electrons. The van der Waals surface area contributed by atoms with E-state index >= 15 is 0 Å². The van der Waals surface area contributed by atoms with E-state index in [0.717, 1.165) is 12.5 Å². The smallest absolute Gasteiger partial charge is 0.320 e. The first-order chi connectivity index (χ1) is 16.0. The first kappa shape index (κ1) is 25.6. The Labute approximate surface area is 203 Å². The molecule has 2 N–H and O–H groups in total. The summed E-state index contributed by atoms with van der Waals surface area (Å²) in [5, 5.41) is 5.67. The van der Waals surface area contributed by atoms with Crippen LogP contribution in [0.4, 0.5) is 4.39 Å². The fourth-order valence-corrected chi connectivity index (χ4v) is 3.97. The molecule has 3 rings (SSSR count). The van der Waals surface area contributed by atoms with Crippen LogP contribution in [0.5, 0.6) is 5.75 Å². The maximum Gasteiger partial charge on any atom is 0.320 e. The Balaban J connectivity index is 2.00. The molecule has 1 aliphatic rings. The molecule has 0 saturated heterocycles. The summed E-state index contributed by atoms with van der Waals surface area (Å²) in [7, 11) is 0. The zero-order valence-electron chi connectivity index (χ0n) is 19.5. The molecular formula is C25H28ClFN2O5. The predicted octanol–water partition coefficient (Wildman–Crippen LogP) is 4.24. The van der Waals surface area contributed by atoms with Gasteiger partial charge in [-0.3, -0.25) is 14.4 Å². The molecule has 0 aliphatic carbocycles. The molecule has 2 aromatic carbocycles. The molecule has 1 heterocycles. The second kappa shape index (κ2) is 10.5. The molecule has 0 radical (unpaired) electrons. The highest BCUT2D eigenvalue weighted by atomic mass is 35.5. The summed E-state index contributed by atoms with van der Waals surface area (Å²) in [6.07, 6.45) is -0.0659. The summed E-state index contributed by atoms with van der Waals surface area (Å²) < 4.78 is 25.5. The van der Waals surface area contributed by atoms with Gasteiger partial charge in [0.2, 0.25) is 0 Å². The molecule has 2 atom stereocenters. The third-order valence-electron chi connectivity index (χ3n) is 5.54. The molecule has 0 bridgehead atoms. The minimum atomic E-state index is -1.01. The molecular weight excluding hydrogens is 463 g/mol. The highest BCUT2D eigenvalue weighted by molar-refractivity contribution is 6.31. The van der Waals surface area contributed by atoms with Crippen molar-refractivity contribution in [2.75, 3.05) is 13.1 Å². The van der Waals surface area contributed by atoms with Crippen molar-refractivity contribution in [1.29, 1.82) is 0 Å².